The molecule has 0 bridgehead atoms. The minimum atomic E-state index is -4.37. The van der Waals surface area contributed by atoms with Crippen LogP contribution in [0.25, 0.3) is 0 Å². The van der Waals surface area contributed by atoms with Gasteiger partial charge in [0.2, 0.25) is 5.91 Å². The third-order valence-electron chi connectivity index (χ3n) is 13.4. The molecule has 0 saturated carbocycles. The van der Waals surface area contributed by atoms with Crippen molar-refractivity contribution in [3.63, 3.8) is 0 Å². The van der Waals surface area contributed by atoms with Crippen molar-refractivity contribution in [1.82, 2.24) is 5.32 Å². The van der Waals surface area contributed by atoms with Gasteiger partial charge in [0.05, 0.1) is 39.9 Å². The predicted molar refractivity (Wildman–Crippen MR) is 336 cm³/mol. The number of amides is 1. The van der Waals surface area contributed by atoms with E-state index in [9.17, 15) is 19.4 Å². The molecule has 0 saturated heterocycles. The summed E-state index contributed by atoms with van der Waals surface area (Å²) in [6.07, 6.45) is 86.0. The summed E-state index contributed by atoms with van der Waals surface area (Å²) in [5, 5.41) is 13.9. The second-order valence-corrected chi connectivity index (χ2v) is 23.5. The Kier molecular flexibility index (Phi) is 55.3. The first-order valence-corrected chi connectivity index (χ1v) is 32.9. The number of carbonyl (C=O) groups is 1. The highest BCUT2D eigenvalue weighted by Crippen LogP contribution is 2.43. The van der Waals surface area contributed by atoms with Gasteiger partial charge in [-0.2, -0.15) is 0 Å². The van der Waals surface area contributed by atoms with Gasteiger partial charge in [0.1, 0.15) is 13.2 Å². The molecule has 3 N–H and O–H groups in total. The zero-order valence-corrected chi connectivity index (χ0v) is 51.3. The average molecular weight is 1090 g/mol. The van der Waals surface area contributed by atoms with Gasteiger partial charge in [0, 0.05) is 6.42 Å². The lowest BCUT2D eigenvalue weighted by Crippen LogP contribution is -2.45. The van der Waals surface area contributed by atoms with Crippen LogP contribution in [0.15, 0.2) is 122 Å². The predicted octanol–water partition coefficient (Wildman–Crippen LogP) is 19.7. The van der Waals surface area contributed by atoms with Gasteiger partial charge in [-0.05, 0) is 96.3 Å². The lowest BCUT2D eigenvalue weighted by molar-refractivity contribution is -0.870. The summed E-state index contributed by atoms with van der Waals surface area (Å²) in [4.78, 5) is 23.4. The summed E-state index contributed by atoms with van der Waals surface area (Å²) in [5.74, 6) is -0.205. The average Bonchev–Trinajstić information content (AvgIpc) is 3.39. The molecule has 0 aliphatic carbocycles. The fraction of sp³-hybridized carbons (Fsp3) is 0.691. The van der Waals surface area contributed by atoms with Crippen LogP contribution >= 0.6 is 7.82 Å². The highest BCUT2D eigenvalue weighted by Gasteiger charge is 2.27. The molecule has 0 aliphatic rings. The Hall–Kier alpha value is -3.10. The second-order valence-electron chi connectivity index (χ2n) is 22.0. The zero-order chi connectivity index (χ0) is 56.3. The minimum Gasteiger partial charge on any atom is -0.387 e. The molecular formula is C68H120N2O6P+. The number of likely N-dealkylation sites (N-methyl/N-ethyl adjacent to an activating group) is 1. The smallest absolute Gasteiger partial charge is 0.387 e. The van der Waals surface area contributed by atoms with E-state index in [0.29, 0.717) is 17.4 Å². The molecule has 0 aromatic heterocycles. The Morgan fingerprint density at radius 2 is 0.792 bits per heavy atom. The molecule has 77 heavy (non-hydrogen) atoms. The largest absolute Gasteiger partial charge is 0.472 e. The summed E-state index contributed by atoms with van der Waals surface area (Å²) in [7, 11) is 1.53. The van der Waals surface area contributed by atoms with Gasteiger partial charge in [-0.15, -0.1) is 0 Å². The Balaban J connectivity index is 4.28. The first kappa shape index (κ1) is 73.9. The highest BCUT2D eigenvalue weighted by molar-refractivity contribution is 7.47. The van der Waals surface area contributed by atoms with Gasteiger partial charge in [-0.1, -0.05) is 270 Å². The van der Waals surface area contributed by atoms with Crippen molar-refractivity contribution in [3.8, 4) is 0 Å². The first-order valence-electron chi connectivity index (χ1n) is 31.4. The summed E-state index contributed by atoms with van der Waals surface area (Å²) < 4.78 is 23.7. The number of aliphatic hydroxyl groups excluding tert-OH is 1. The number of allylic oxidation sites excluding steroid dienone is 19. The molecule has 8 nitrogen and oxygen atoms in total. The van der Waals surface area contributed by atoms with Crippen molar-refractivity contribution < 1.29 is 32.9 Å². The lowest BCUT2D eigenvalue weighted by atomic mass is 10.0. The van der Waals surface area contributed by atoms with E-state index < -0.39 is 20.0 Å². The molecule has 1 amide bonds. The molecule has 9 heteroatoms. The number of hydrogen-bond acceptors (Lipinski definition) is 5. The molecule has 0 heterocycles. The molecule has 0 aromatic rings. The number of phosphoric acid groups is 1. The Labute approximate surface area is 475 Å². The topological polar surface area (TPSA) is 105 Å². The molecule has 0 fully saturated rings. The van der Waals surface area contributed by atoms with Crippen molar-refractivity contribution in [2.24, 2.45) is 0 Å². The van der Waals surface area contributed by atoms with E-state index in [1.165, 1.54) is 122 Å². The van der Waals surface area contributed by atoms with E-state index in [4.69, 9.17) is 9.05 Å². The number of carbonyl (C=O) groups excluding carboxylic acids is 1. The summed E-state index contributed by atoms with van der Waals surface area (Å²) in [6.45, 7) is 4.67. The third-order valence-corrected chi connectivity index (χ3v) is 14.4. The normalized spacial score (nSPS) is 14.6. The van der Waals surface area contributed by atoms with Crippen molar-refractivity contribution in [2.45, 2.75) is 264 Å². The molecule has 442 valence electrons. The molecule has 0 spiro atoms. The zero-order valence-electron chi connectivity index (χ0n) is 50.4. The third kappa shape index (κ3) is 60.4. The van der Waals surface area contributed by atoms with Gasteiger partial charge in [0.15, 0.2) is 0 Å². The number of phosphoric ester groups is 1. The molecule has 0 rings (SSSR count). The second kappa shape index (κ2) is 57.6. The van der Waals surface area contributed by atoms with Crippen molar-refractivity contribution in [3.05, 3.63) is 122 Å². The molecule has 3 unspecified atom stereocenters. The molecule has 0 aromatic carbocycles. The maximum atomic E-state index is 13.0. The van der Waals surface area contributed by atoms with E-state index in [-0.39, 0.29) is 19.1 Å². The SMILES string of the molecule is CC/C=C\C/C=C\C/C=C\C/C=C\C/C=C\C/C=C\C/C=C\C/C=C\CCCCCCCCC(=O)NC(COP(=O)(O)OCC[N+](C)(C)C)C(O)/C=C/CC/C=C/CCCCCCCCCCCCCCCCCCCC. The van der Waals surface area contributed by atoms with Crippen LogP contribution < -0.4 is 5.32 Å². The number of rotatable bonds is 56. The summed E-state index contributed by atoms with van der Waals surface area (Å²) in [5.41, 5.74) is 0. The number of aliphatic hydroxyl groups is 1. The first-order chi connectivity index (χ1) is 37.5. The maximum Gasteiger partial charge on any atom is 0.472 e. The lowest BCUT2D eigenvalue weighted by Gasteiger charge is -2.25. The fourth-order valence-electron chi connectivity index (χ4n) is 8.54. The van der Waals surface area contributed by atoms with Gasteiger partial charge < -0.3 is 19.8 Å². The van der Waals surface area contributed by atoms with E-state index in [1.54, 1.807) is 6.08 Å². The Bertz CT molecular complexity index is 1670. The highest BCUT2D eigenvalue weighted by atomic mass is 31.2. The van der Waals surface area contributed by atoms with Crippen molar-refractivity contribution >= 4 is 13.7 Å². The van der Waals surface area contributed by atoms with Crippen molar-refractivity contribution in [2.75, 3.05) is 40.9 Å². The molecule has 3 atom stereocenters. The molecular weight excluding hydrogens is 972 g/mol. The molecule has 0 radical (unpaired) electrons. The minimum absolute atomic E-state index is 0.0466. The molecule has 0 aliphatic heterocycles. The number of hydrogen-bond donors (Lipinski definition) is 3. The van der Waals surface area contributed by atoms with Crippen LogP contribution in [0, 0.1) is 0 Å². The van der Waals surface area contributed by atoms with Crippen molar-refractivity contribution in [1.29, 1.82) is 0 Å². The van der Waals surface area contributed by atoms with Crippen LogP contribution in [0.3, 0.4) is 0 Å². The van der Waals surface area contributed by atoms with Crippen LogP contribution in [-0.4, -0.2) is 73.4 Å². The standard InChI is InChI=1S/C68H119N2O6P/c1-6-8-10-12-14-16-18-20-22-24-26-28-30-32-33-34-35-36-37-38-40-42-44-46-48-50-52-54-56-58-60-62-68(72)69-66(65-76-77(73,74)75-64-63-70(3,4)5)67(71)61-59-57-55-53-51-49-47-45-43-41-39-31-29-27-25-23-21-19-17-15-13-11-9-7-2/h8,10,14,16,20,22,26,28,32-33,35-36,38,40,44,46,51,53,59,61,66-67,71H,6-7,9,11-13,15,17-19,21,23-25,27,29-31,34,37,39,41-43,45,47-50,52,54-58,60,62-65H2,1-5H3,(H-,69,72,73,74)/p+1/b10-8-,16-14-,22-20-,28-26-,33-32-,36-35-,40-38-,46-44-,53-51+,61-59+. The number of quaternary nitrogens is 1. The maximum absolute atomic E-state index is 13.0. The Morgan fingerprint density at radius 1 is 0.455 bits per heavy atom. The van der Waals surface area contributed by atoms with Gasteiger partial charge in [-0.3, -0.25) is 13.8 Å². The van der Waals surface area contributed by atoms with E-state index in [2.05, 4.69) is 129 Å². The van der Waals surface area contributed by atoms with Gasteiger partial charge >= 0.3 is 7.82 Å². The monoisotopic (exact) mass is 1090 g/mol. The quantitative estimate of drug-likeness (QED) is 0.0243. The van der Waals surface area contributed by atoms with Crippen LogP contribution in [0.1, 0.15) is 251 Å². The van der Waals surface area contributed by atoms with E-state index >= 15 is 0 Å². The van der Waals surface area contributed by atoms with E-state index in [1.807, 2.05) is 27.2 Å². The van der Waals surface area contributed by atoms with Crippen LogP contribution in [-0.2, 0) is 18.4 Å². The van der Waals surface area contributed by atoms with Crippen LogP contribution in [0.4, 0.5) is 0 Å². The number of nitrogens with one attached hydrogen (secondary N) is 1. The van der Waals surface area contributed by atoms with Crippen LogP contribution in [0.2, 0.25) is 0 Å². The summed E-state index contributed by atoms with van der Waals surface area (Å²) in [6, 6.07) is -0.882. The Morgan fingerprint density at radius 3 is 1.19 bits per heavy atom. The van der Waals surface area contributed by atoms with Crippen LogP contribution in [0.5, 0.6) is 0 Å². The van der Waals surface area contributed by atoms with Gasteiger partial charge in [-0.25, -0.2) is 4.57 Å². The van der Waals surface area contributed by atoms with E-state index in [0.717, 1.165) is 109 Å². The number of unbranched alkanes of at least 4 members (excludes halogenated alkanes) is 25. The fourth-order valence-corrected chi connectivity index (χ4v) is 9.28. The van der Waals surface area contributed by atoms with Gasteiger partial charge in [0.25, 0.3) is 0 Å². The number of nitrogens with zero attached hydrogens (tertiary/aromatic N) is 1. The summed E-state index contributed by atoms with van der Waals surface area (Å²) >= 11 is 0.